The topological polar surface area (TPSA) is 64.3 Å². The fourth-order valence-corrected chi connectivity index (χ4v) is 0.601. The molecule has 0 spiro atoms. The van der Waals surface area contributed by atoms with E-state index in [4.69, 9.17) is 15.6 Å². The minimum Gasteiger partial charge on any atom is -0.390 e. The highest BCUT2D eigenvalue weighted by Crippen LogP contribution is 2.03. The summed E-state index contributed by atoms with van der Waals surface area (Å²) < 4.78 is 0. The molecule has 0 aliphatic rings. The van der Waals surface area contributed by atoms with E-state index in [0.717, 1.165) is 0 Å². The second-order valence-corrected chi connectivity index (χ2v) is 2.80. The summed E-state index contributed by atoms with van der Waals surface area (Å²) in [6, 6.07) is 0. The van der Waals surface area contributed by atoms with Gasteiger partial charge in [-0.1, -0.05) is 13.8 Å². The first kappa shape index (κ1) is 9.59. The lowest BCUT2D eigenvalue weighted by molar-refractivity contribution is 0.0707. The largest absolute Gasteiger partial charge is 0.390 e. The van der Waals surface area contributed by atoms with Gasteiger partial charge in [0.25, 0.3) is 0 Å². The molecule has 0 aliphatic heterocycles. The number of rotatable bonds is 3. The summed E-state index contributed by atoms with van der Waals surface area (Å²) in [6.45, 7) is 5.10. The number of hydrogen-bond donors (Lipinski definition) is 3. The van der Waals surface area contributed by atoms with E-state index < -0.39 is 12.2 Å². The van der Waals surface area contributed by atoms with Crippen molar-refractivity contribution in [1.29, 1.82) is 5.41 Å². The summed E-state index contributed by atoms with van der Waals surface area (Å²) in [4.78, 5) is 0. The molecular formula is C7H15NO2. The average molecular weight is 145 g/mol. The fraction of sp³-hybridized carbons (Fsp3) is 0.857. The maximum Gasteiger partial charge on any atom is 0.117 e. The van der Waals surface area contributed by atoms with Crippen molar-refractivity contribution in [2.45, 2.75) is 33.0 Å². The van der Waals surface area contributed by atoms with Crippen molar-refractivity contribution < 1.29 is 10.2 Å². The molecule has 0 aromatic rings. The molecule has 0 heterocycles. The SMILES string of the molecule is CC(C)C(=N)C(O)C(C)O. The molecule has 2 atom stereocenters. The van der Waals surface area contributed by atoms with Gasteiger partial charge in [0.05, 0.1) is 6.10 Å². The molecular weight excluding hydrogens is 130 g/mol. The van der Waals surface area contributed by atoms with Crippen molar-refractivity contribution in [3.8, 4) is 0 Å². The van der Waals surface area contributed by atoms with Crippen LogP contribution in [0.4, 0.5) is 0 Å². The number of nitrogens with one attached hydrogen (secondary N) is 1. The van der Waals surface area contributed by atoms with Crippen LogP contribution < -0.4 is 0 Å². The zero-order chi connectivity index (χ0) is 8.31. The summed E-state index contributed by atoms with van der Waals surface area (Å²) in [7, 11) is 0. The van der Waals surface area contributed by atoms with Gasteiger partial charge in [-0.15, -0.1) is 0 Å². The first-order valence-electron chi connectivity index (χ1n) is 3.41. The molecule has 3 heteroatoms. The van der Waals surface area contributed by atoms with Crippen molar-refractivity contribution in [3.63, 3.8) is 0 Å². The summed E-state index contributed by atoms with van der Waals surface area (Å²) in [5.74, 6) is 0.00426. The average Bonchev–Trinajstić information content (AvgIpc) is 1.84. The molecule has 0 aromatic heterocycles. The number of hydrogen-bond acceptors (Lipinski definition) is 3. The maximum atomic E-state index is 9.09. The highest BCUT2D eigenvalue weighted by molar-refractivity contribution is 5.87. The van der Waals surface area contributed by atoms with Crippen molar-refractivity contribution in [2.24, 2.45) is 5.92 Å². The Balaban J connectivity index is 3.95. The normalized spacial score (nSPS) is 17.0. The Morgan fingerprint density at radius 1 is 1.20 bits per heavy atom. The van der Waals surface area contributed by atoms with Crippen molar-refractivity contribution in [3.05, 3.63) is 0 Å². The van der Waals surface area contributed by atoms with Gasteiger partial charge >= 0.3 is 0 Å². The van der Waals surface area contributed by atoms with E-state index in [-0.39, 0.29) is 11.6 Å². The molecule has 0 rings (SSSR count). The Morgan fingerprint density at radius 2 is 1.60 bits per heavy atom. The maximum absolute atomic E-state index is 9.09. The lowest BCUT2D eigenvalue weighted by Crippen LogP contribution is -2.33. The van der Waals surface area contributed by atoms with E-state index in [1.54, 1.807) is 0 Å². The Morgan fingerprint density at radius 3 is 1.70 bits per heavy atom. The van der Waals surface area contributed by atoms with Gasteiger partial charge in [-0.05, 0) is 12.8 Å². The molecule has 0 bridgehead atoms. The molecule has 0 radical (unpaired) electrons. The number of aliphatic hydroxyl groups is 2. The summed E-state index contributed by atoms with van der Waals surface area (Å²) in [5, 5.41) is 25.2. The minimum atomic E-state index is -1.00. The van der Waals surface area contributed by atoms with Crippen LogP contribution in [0.15, 0.2) is 0 Å². The van der Waals surface area contributed by atoms with E-state index in [0.29, 0.717) is 0 Å². The Bertz CT molecular complexity index is 121. The van der Waals surface area contributed by atoms with Crippen molar-refractivity contribution in [1.82, 2.24) is 0 Å². The van der Waals surface area contributed by atoms with Gasteiger partial charge in [-0.25, -0.2) is 0 Å². The van der Waals surface area contributed by atoms with Crippen LogP contribution in [0.2, 0.25) is 0 Å². The van der Waals surface area contributed by atoms with Gasteiger partial charge < -0.3 is 15.6 Å². The molecule has 0 aromatic carbocycles. The predicted molar refractivity (Wildman–Crippen MR) is 40.3 cm³/mol. The van der Waals surface area contributed by atoms with Crippen LogP contribution in [0.25, 0.3) is 0 Å². The highest BCUT2D eigenvalue weighted by atomic mass is 16.3. The van der Waals surface area contributed by atoms with E-state index in [9.17, 15) is 0 Å². The zero-order valence-electron chi connectivity index (χ0n) is 6.63. The minimum absolute atomic E-state index is 0.00426. The van der Waals surface area contributed by atoms with Crippen LogP contribution in [-0.2, 0) is 0 Å². The second kappa shape index (κ2) is 3.68. The molecule has 2 unspecified atom stereocenters. The first-order valence-corrected chi connectivity index (χ1v) is 3.41. The monoisotopic (exact) mass is 145 g/mol. The zero-order valence-corrected chi connectivity index (χ0v) is 6.63. The molecule has 3 N–H and O–H groups in total. The van der Waals surface area contributed by atoms with Gasteiger partial charge in [0.15, 0.2) is 0 Å². The van der Waals surface area contributed by atoms with E-state index >= 15 is 0 Å². The van der Waals surface area contributed by atoms with Crippen LogP contribution in [0.1, 0.15) is 20.8 Å². The summed E-state index contributed by atoms with van der Waals surface area (Å²) in [5.41, 5.74) is 0.190. The molecule has 0 amide bonds. The molecule has 0 saturated carbocycles. The Hall–Kier alpha value is -0.410. The second-order valence-electron chi connectivity index (χ2n) is 2.80. The summed E-state index contributed by atoms with van der Waals surface area (Å²) >= 11 is 0. The van der Waals surface area contributed by atoms with Crippen LogP contribution in [0, 0.1) is 11.3 Å². The fourth-order valence-electron chi connectivity index (χ4n) is 0.601. The van der Waals surface area contributed by atoms with Crippen LogP contribution in [0.5, 0.6) is 0 Å². The molecule has 3 nitrogen and oxygen atoms in total. The quantitative estimate of drug-likeness (QED) is 0.503. The lowest BCUT2D eigenvalue weighted by Gasteiger charge is -2.16. The molecule has 0 aliphatic carbocycles. The van der Waals surface area contributed by atoms with Crippen molar-refractivity contribution >= 4 is 5.71 Å². The van der Waals surface area contributed by atoms with E-state index in [2.05, 4.69) is 0 Å². The predicted octanol–water partition coefficient (Wildman–Crippen LogP) is 0.404. The molecule has 10 heavy (non-hydrogen) atoms. The third-order valence-corrected chi connectivity index (χ3v) is 1.40. The standard InChI is InChI=1S/C7H15NO2/c1-4(2)6(8)7(10)5(3)9/h4-5,7-10H,1-3H3. The third-order valence-electron chi connectivity index (χ3n) is 1.40. The van der Waals surface area contributed by atoms with Gasteiger partial charge in [-0.2, -0.15) is 0 Å². The van der Waals surface area contributed by atoms with Crippen molar-refractivity contribution in [2.75, 3.05) is 0 Å². The third kappa shape index (κ3) is 2.45. The van der Waals surface area contributed by atoms with E-state index in [1.165, 1.54) is 6.92 Å². The smallest absolute Gasteiger partial charge is 0.117 e. The van der Waals surface area contributed by atoms with Gasteiger partial charge in [0, 0.05) is 5.71 Å². The summed E-state index contributed by atoms with van der Waals surface area (Å²) in [6.07, 6.45) is -1.84. The van der Waals surface area contributed by atoms with Gasteiger partial charge in [-0.3, -0.25) is 0 Å². The van der Waals surface area contributed by atoms with Crippen LogP contribution in [0.3, 0.4) is 0 Å². The molecule has 60 valence electrons. The highest BCUT2D eigenvalue weighted by Gasteiger charge is 2.18. The molecule has 0 fully saturated rings. The van der Waals surface area contributed by atoms with Crippen LogP contribution >= 0.6 is 0 Å². The van der Waals surface area contributed by atoms with Gasteiger partial charge in [0.1, 0.15) is 6.10 Å². The van der Waals surface area contributed by atoms with E-state index in [1.807, 2.05) is 13.8 Å². The number of aliphatic hydroxyl groups excluding tert-OH is 2. The lowest BCUT2D eigenvalue weighted by atomic mass is 10.00. The molecule has 0 saturated heterocycles. The Kier molecular flexibility index (Phi) is 3.53. The van der Waals surface area contributed by atoms with Crippen LogP contribution in [-0.4, -0.2) is 28.1 Å². The first-order chi connectivity index (χ1) is 4.46. The Labute approximate surface area is 61.2 Å². The van der Waals surface area contributed by atoms with Gasteiger partial charge in [0.2, 0.25) is 0 Å².